The minimum absolute atomic E-state index is 0.520. The summed E-state index contributed by atoms with van der Waals surface area (Å²) in [5.41, 5.74) is 8.92. The summed E-state index contributed by atoms with van der Waals surface area (Å²) >= 11 is 0. The fourth-order valence-corrected chi connectivity index (χ4v) is 3.56. The quantitative estimate of drug-likeness (QED) is 0.888. The van der Waals surface area contributed by atoms with Crippen molar-refractivity contribution < 1.29 is 0 Å². The van der Waals surface area contributed by atoms with Gasteiger partial charge in [-0.05, 0) is 61.9 Å². The molecule has 1 fully saturated rings. The molecule has 1 aliphatic rings. The van der Waals surface area contributed by atoms with Crippen molar-refractivity contribution in [2.24, 2.45) is 17.6 Å². The molecule has 112 valence electrons. The Balaban J connectivity index is 2.18. The van der Waals surface area contributed by atoms with Crippen LogP contribution in [0.5, 0.6) is 0 Å². The van der Waals surface area contributed by atoms with Gasteiger partial charge in [0.25, 0.3) is 0 Å². The smallest absolute Gasteiger partial charge is 0.0388 e. The molecular formula is C18H30N2. The summed E-state index contributed by atoms with van der Waals surface area (Å²) in [5, 5.41) is 0. The van der Waals surface area contributed by atoms with Crippen LogP contribution in [0.15, 0.2) is 24.3 Å². The number of hydrogen-bond donors (Lipinski definition) is 1. The van der Waals surface area contributed by atoms with E-state index in [4.69, 9.17) is 5.73 Å². The molecule has 2 heteroatoms. The van der Waals surface area contributed by atoms with Gasteiger partial charge in [-0.3, -0.25) is 4.90 Å². The number of likely N-dealkylation sites (tertiary alicyclic amines) is 1. The van der Waals surface area contributed by atoms with Crippen molar-refractivity contribution in [1.29, 1.82) is 0 Å². The van der Waals surface area contributed by atoms with Crippen LogP contribution in [0.1, 0.15) is 50.8 Å². The normalized spacial score (nSPS) is 24.2. The summed E-state index contributed by atoms with van der Waals surface area (Å²) in [6.45, 7) is 9.95. The van der Waals surface area contributed by atoms with E-state index < -0.39 is 0 Å². The molecule has 1 aromatic carbocycles. The first-order valence-electron chi connectivity index (χ1n) is 8.18. The third-order valence-electron chi connectivity index (χ3n) is 4.53. The second-order valence-electron chi connectivity index (χ2n) is 6.55. The topological polar surface area (TPSA) is 29.3 Å². The van der Waals surface area contributed by atoms with Gasteiger partial charge in [0.15, 0.2) is 0 Å². The number of piperidine rings is 1. The van der Waals surface area contributed by atoms with Crippen LogP contribution in [0.25, 0.3) is 0 Å². The fourth-order valence-electron chi connectivity index (χ4n) is 3.56. The Morgan fingerprint density at radius 3 is 2.50 bits per heavy atom. The van der Waals surface area contributed by atoms with Crippen molar-refractivity contribution in [3.05, 3.63) is 35.4 Å². The molecule has 0 aromatic heterocycles. The van der Waals surface area contributed by atoms with E-state index in [0.717, 1.165) is 19.0 Å². The summed E-state index contributed by atoms with van der Waals surface area (Å²) in [6.07, 6.45) is 3.73. The van der Waals surface area contributed by atoms with Crippen LogP contribution in [-0.4, -0.2) is 24.5 Å². The van der Waals surface area contributed by atoms with Crippen molar-refractivity contribution in [3.8, 4) is 0 Å². The molecule has 2 rings (SSSR count). The van der Waals surface area contributed by atoms with Gasteiger partial charge >= 0.3 is 0 Å². The Morgan fingerprint density at radius 1 is 1.25 bits per heavy atom. The first kappa shape index (κ1) is 15.5. The highest BCUT2D eigenvalue weighted by molar-refractivity contribution is 5.26. The standard InChI is InChI=1S/C18H30N2/c1-4-20-11-5-6-17(13-19)18(20)16-9-7-15(8-10-16)12-14(2)3/h7-10,14,17-18H,4-6,11-13,19H2,1-3H3. The van der Waals surface area contributed by atoms with Gasteiger partial charge in [0.1, 0.15) is 0 Å². The lowest BCUT2D eigenvalue weighted by atomic mass is 9.84. The van der Waals surface area contributed by atoms with Crippen LogP contribution < -0.4 is 5.73 Å². The lowest BCUT2D eigenvalue weighted by Gasteiger charge is -2.41. The van der Waals surface area contributed by atoms with E-state index in [1.807, 2.05) is 0 Å². The second-order valence-corrected chi connectivity index (χ2v) is 6.55. The van der Waals surface area contributed by atoms with E-state index in [9.17, 15) is 0 Å². The van der Waals surface area contributed by atoms with E-state index in [1.165, 1.54) is 36.9 Å². The van der Waals surface area contributed by atoms with E-state index in [0.29, 0.717) is 12.0 Å². The Bertz CT molecular complexity index is 384. The van der Waals surface area contributed by atoms with Crippen molar-refractivity contribution >= 4 is 0 Å². The highest BCUT2D eigenvalue weighted by atomic mass is 15.2. The first-order valence-corrected chi connectivity index (χ1v) is 8.18. The Kier molecular flexibility index (Phi) is 5.62. The van der Waals surface area contributed by atoms with Crippen LogP contribution in [0.2, 0.25) is 0 Å². The van der Waals surface area contributed by atoms with Crippen LogP contribution in [-0.2, 0) is 6.42 Å². The predicted octanol–water partition coefficient (Wildman–Crippen LogP) is 3.62. The summed E-state index contributed by atoms with van der Waals surface area (Å²) in [7, 11) is 0. The van der Waals surface area contributed by atoms with Gasteiger partial charge in [-0.1, -0.05) is 45.0 Å². The molecule has 0 saturated carbocycles. The monoisotopic (exact) mass is 274 g/mol. The molecule has 0 radical (unpaired) electrons. The molecule has 2 N–H and O–H groups in total. The zero-order valence-electron chi connectivity index (χ0n) is 13.3. The average Bonchev–Trinajstić information content (AvgIpc) is 2.46. The molecule has 2 nitrogen and oxygen atoms in total. The second kappa shape index (κ2) is 7.24. The van der Waals surface area contributed by atoms with Crippen LogP contribution in [0, 0.1) is 11.8 Å². The summed E-state index contributed by atoms with van der Waals surface area (Å²) in [6, 6.07) is 9.81. The summed E-state index contributed by atoms with van der Waals surface area (Å²) in [5.74, 6) is 1.33. The Labute approximate surface area is 124 Å². The number of rotatable bonds is 5. The summed E-state index contributed by atoms with van der Waals surface area (Å²) < 4.78 is 0. The Hall–Kier alpha value is -0.860. The van der Waals surface area contributed by atoms with Gasteiger partial charge < -0.3 is 5.73 Å². The van der Waals surface area contributed by atoms with E-state index in [2.05, 4.69) is 49.9 Å². The molecule has 1 heterocycles. The van der Waals surface area contributed by atoms with Gasteiger partial charge in [0, 0.05) is 6.04 Å². The lowest BCUT2D eigenvalue weighted by molar-refractivity contribution is 0.102. The van der Waals surface area contributed by atoms with Crippen LogP contribution in [0.3, 0.4) is 0 Å². The maximum absolute atomic E-state index is 6.02. The van der Waals surface area contributed by atoms with Gasteiger partial charge in [-0.15, -0.1) is 0 Å². The number of hydrogen-bond acceptors (Lipinski definition) is 2. The van der Waals surface area contributed by atoms with Crippen molar-refractivity contribution in [2.75, 3.05) is 19.6 Å². The first-order chi connectivity index (χ1) is 9.65. The third-order valence-corrected chi connectivity index (χ3v) is 4.53. The molecule has 0 bridgehead atoms. The minimum Gasteiger partial charge on any atom is -0.330 e. The molecule has 0 amide bonds. The molecule has 2 unspecified atom stereocenters. The van der Waals surface area contributed by atoms with Gasteiger partial charge in [-0.25, -0.2) is 0 Å². The number of nitrogens with two attached hydrogens (primary N) is 1. The minimum atomic E-state index is 0.520. The molecule has 20 heavy (non-hydrogen) atoms. The van der Waals surface area contributed by atoms with Crippen LogP contribution in [0.4, 0.5) is 0 Å². The van der Waals surface area contributed by atoms with E-state index >= 15 is 0 Å². The molecule has 1 aliphatic heterocycles. The maximum Gasteiger partial charge on any atom is 0.0388 e. The highest BCUT2D eigenvalue weighted by Gasteiger charge is 2.30. The predicted molar refractivity (Wildman–Crippen MR) is 86.8 cm³/mol. The Morgan fingerprint density at radius 2 is 1.95 bits per heavy atom. The van der Waals surface area contributed by atoms with E-state index in [-0.39, 0.29) is 0 Å². The largest absolute Gasteiger partial charge is 0.330 e. The summed E-state index contributed by atoms with van der Waals surface area (Å²) in [4.78, 5) is 2.60. The average molecular weight is 274 g/mol. The fraction of sp³-hybridized carbons (Fsp3) is 0.667. The molecule has 2 atom stereocenters. The maximum atomic E-state index is 6.02. The number of benzene rings is 1. The van der Waals surface area contributed by atoms with Crippen molar-refractivity contribution in [1.82, 2.24) is 4.90 Å². The zero-order valence-corrected chi connectivity index (χ0v) is 13.3. The van der Waals surface area contributed by atoms with E-state index in [1.54, 1.807) is 0 Å². The zero-order chi connectivity index (χ0) is 14.5. The molecule has 0 aliphatic carbocycles. The van der Waals surface area contributed by atoms with Gasteiger partial charge in [0.05, 0.1) is 0 Å². The lowest BCUT2D eigenvalue weighted by Crippen LogP contribution is -2.41. The molecular weight excluding hydrogens is 244 g/mol. The number of nitrogens with zero attached hydrogens (tertiary/aromatic N) is 1. The highest BCUT2D eigenvalue weighted by Crippen LogP contribution is 2.35. The van der Waals surface area contributed by atoms with Crippen LogP contribution >= 0.6 is 0 Å². The molecule has 1 aromatic rings. The van der Waals surface area contributed by atoms with Gasteiger partial charge in [-0.2, -0.15) is 0 Å². The molecule has 0 spiro atoms. The van der Waals surface area contributed by atoms with Crippen molar-refractivity contribution in [3.63, 3.8) is 0 Å². The SMILES string of the molecule is CCN1CCCC(CN)C1c1ccc(CC(C)C)cc1. The third kappa shape index (κ3) is 3.62. The molecule has 1 saturated heterocycles. The van der Waals surface area contributed by atoms with Crippen molar-refractivity contribution in [2.45, 2.75) is 46.1 Å². The van der Waals surface area contributed by atoms with Gasteiger partial charge in [0.2, 0.25) is 0 Å².